The molecule has 2 aromatic carbocycles. The summed E-state index contributed by atoms with van der Waals surface area (Å²) < 4.78 is 13.2. The Morgan fingerprint density at radius 2 is 1.83 bits per heavy atom. The average molecular weight is 394 g/mol. The van der Waals surface area contributed by atoms with Crippen LogP contribution < -0.4 is 0 Å². The van der Waals surface area contributed by atoms with Gasteiger partial charge in [-0.25, -0.2) is 4.39 Å². The molecule has 1 heterocycles. The van der Waals surface area contributed by atoms with Gasteiger partial charge >= 0.3 is 0 Å². The van der Waals surface area contributed by atoms with Crippen molar-refractivity contribution in [1.29, 1.82) is 0 Å². The molecule has 2 amide bonds. The van der Waals surface area contributed by atoms with Crippen LogP contribution in [0, 0.1) is 17.7 Å². The van der Waals surface area contributed by atoms with Crippen molar-refractivity contribution in [3.05, 3.63) is 59.9 Å². The minimum Gasteiger partial charge on any atom is -0.344 e. The zero-order chi connectivity index (χ0) is 20.4. The summed E-state index contributed by atoms with van der Waals surface area (Å²) in [6.07, 6.45) is 3.67. The number of amides is 2. The molecule has 1 atom stereocenters. The summed E-state index contributed by atoms with van der Waals surface area (Å²) in [5, 5.41) is 0. The molecule has 0 radical (unpaired) electrons. The standard InChI is InChI=1S/C24H27FN2O2/c1-26-12-13-27(24(29)19-5-3-6-19)16-21(23(26)28)15-17-4-2-7-20(14-17)18-8-10-22(25)11-9-18/h2,4,7-11,14,19,21H,3,5-6,12-13,15-16H2,1H3/t21-/m0/s1. The number of halogens is 1. The number of likely N-dealkylation sites (N-methyl/N-ethyl adjacent to an activating group) is 1. The zero-order valence-corrected chi connectivity index (χ0v) is 16.8. The van der Waals surface area contributed by atoms with E-state index >= 15 is 0 Å². The van der Waals surface area contributed by atoms with Crippen LogP contribution in [-0.4, -0.2) is 48.3 Å². The number of hydrogen-bond donors (Lipinski definition) is 0. The van der Waals surface area contributed by atoms with E-state index in [2.05, 4.69) is 6.07 Å². The van der Waals surface area contributed by atoms with Crippen LogP contribution in [0.4, 0.5) is 4.39 Å². The summed E-state index contributed by atoms with van der Waals surface area (Å²) in [5.74, 6) is -0.0373. The summed E-state index contributed by atoms with van der Waals surface area (Å²) in [7, 11) is 1.82. The van der Waals surface area contributed by atoms with Gasteiger partial charge in [0, 0.05) is 32.6 Å². The van der Waals surface area contributed by atoms with E-state index in [0.717, 1.165) is 36.0 Å². The molecule has 4 rings (SSSR count). The lowest BCUT2D eigenvalue weighted by Gasteiger charge is -2.31. The topological polar surface area (TPSA) is 40.6 Å². The number of benzene rings is 2. The van der Waals surface area contributed by atoms with E-state index in [0.29, 0.717) is 26.1 Å². The number of hydrogen-bond acceptors (Lipinski definition) is 2. The van der Waals surface area contributed by atoms with Crippen molar-refractivity contribution in [2.75, 3.05) is 26.7 Å². The van der Waals surface area contributed by atoms with Crippen molar-refractivity contribution < 1.29 is 14.0 Å². The Morgan fingerprint density at radius 3 is 2.52 bits per heavy atom. The van der Waals surface area contributed by atoms with Gasteiger partial charge in [0.2, 0.25) is 11.8 Å². The Hall–Kier alpha value is -2.69. The molecule has 152 valence electrons. The van der Waals surface area contributed by atoms with Gasteiger partial charge < -0.3 is 9.80 Å². The Morgan fingerprint density at radius 1 is 1.07 bits per heavy atom. The first-order valence-electron chi connectivity index (χ1n) is 10.4. The molecule has 5 heteroatoms. The quantitative estimate of drug-likeness (QED) is 0.792. The lowest BCUT2D eigenvalue weighted by molar-refractivity contribution is -0.138. The van der Waals surface area contributed by atoms with Gasteiger partial charge in [0.25, 0.3) is 0 Å². The molecule has 0 spiro atoms. The highest BCUT2D eigenvalue weighted by Crippen LogP contribution is 2.30. The molecule has 1 aliphatic heterocycles. The van der Waals surface area contributed by atoms with E-state index < -0.39 is 0 Å². The Labute approximate surface area is 171 Å². The van der Waals surface area contributed by atoms with Gasteiger partial charge in [0.1, 0.15) is 5.82 Å². The molecule has 2 fully saturated rings. The van der Waals surface area contributed by atoms with Gasteiger partial charge in [-0.2, -0.15) is 0 Å². The summed E-state index contributed by atoms with van der Waals surface area (Å²) in [4.78, 5) is 29.3. The Balaban J connectivity index is 1.52. The highest BCUT2D eigenvalue weighted by Gasteiger charge is 2.35. The van der Waals surface area contributed by atoms with Gasteiger partial charge in [0.15, 0.2) is 0 Å². The van der Waals surface area contributed by atoms with Crippen LogP contribution in [0.2, 0.25) is 0 Å². The predicted molar refractivity (Wildman–Crippen MR) is 111 cm³/mol. The summed E-state index contributed by atoms with van der Waals surface area (Å²) in [6.45, 7) is 1.69. The van der Waals surface area contributed by atoms with E-state index in [1.54, 1.807) is 17.0 Å². The number of carbonyl (C=O) groups is 2. The molecule has 0 bridgehead atoms. The first-order valence-corrected chi connectivity index (χ1v) is 10.4. The minimum absolute atomic E-state index is 0.0982. The molecule has 1 saturated heterocycles. The normalized spacial score (nSPS) is 20.3. The van der Waals surface area contributed by atoms with Crippen LogP contribution in [0.25, 0.3) is 11.1 Å². The van der Waals surface area contributed by atoms with E-state index in [-0.39, 0.29) is 29.5 Å². The second-order valence-corrected chi connectivity index (χ2v) is 8.28. The van der Waals surface area contributed by atoms with E-state index in [9.17, 15) is 14.0 Å². The van der Waals surface area contributed by atoms with Crippen molar-refractivity contribution in [1.82, 2.24) is 9.80 Å². The van der Waals surface area contributed by atoms with Crippen LogP contribution in [0.1, 0.15) is 24.8 Å². The SMILES string of the molecule is CN1CCN(C(=O)C2CCC2)C[C@H](Cc2cccc(-c3ccc(F)cc3)c2)C1=O. The van der Waals surface area contributed by atoms with Gasteiger partial charge in [-0.1, -0.05) is 42.8 Å². The molecule has 4 nitrogen and oxygen atoms in total. The summed E-state index contributed by atoms with van der Waals surface area (Å²) in [6, 6.07) is 14.5. The zero-order valence-electron chi connectivity index (χ0n) is 16.8. The van der Waals surface area contributed by atoms with Crippen LogP contribution in [0.5, 0.6) is 0 Å². The first kappa shape index (κ1) is 19.6. The van der Waals surface area contributed by atoms with Gasteiger partial charge in [0.05, 0.1) is 5.92 Å². The van der Waals surface area contributed by atoms with Crippen molar-refractivity contribution in [3.8, 4) is 11.1 Å². The van der Waals surface area contributed by atoms with Crippen LogP contribution >= 0.6 is 0 Å². The largest absolute Gasteiger partial charge is 0.344 e. The van der Waals surface area contributed by atoms with E-state index in [4.69, 9.17) is 0 Å². The molecule has 0 unspecified atom stereocenters. The third-order valence-corrected chi connectivity index (χ3v) is 6.22. The van der Waals surface area contributed by atoms with Crippen LogP contribution in [0.15, 0.2) is 48.5 Å². The smallest absolute Gasteiger partial charge is 0.227 e. The number of nitrogens with zero attached hydrogens (tertiary/aromatic N) is 2. The molecule has 2 aromatic rings. The Kier molecular flexibility index (Phi) is 5.65. The maximum Gasteiger partial charge on any atom is 0.227 e. The monoisotopic (exact) mass is 394 g/mol. The van der Waals surface area contributed by atoms with Crippen molar-refractivity contribution in [2.24, 2.45) is 11.8 Å². The fourth-order valence-electron chi connectivity index (χ4n) is 4.20. The van der Waals surface area contributed by atoms with Crippen molar-refractivity contribution >= 4 is 11.8 Å². The third kappa shape index (κ3) is 4.34. The average Bonchev–Trinajstić information content (AvgIpc) is 2.81. The molecule has 0 N–H and O–H groups in total. The fraction of sp³-hybridized carbons (Fsp3) is 0.417. The molecule has 29 heavy (non-hydrogen) atoms. The fourth-order valence-corrected chi connectivity index (χ4v) is 4.20. The second-order valence-electron chi connectivity index (χ2n) is 8.28. The van der Waals surface area contributed by atoms with E-state index in [1.807, 2.05) is 30.1 Å². The molecule has 0 aromatic heterocycles. The maximum absolute atomic E-state index is 13.2. The van der Waals surface area contributed by atoms with Crippen LogP contribution in [-0.2, 0) is 16.0 Å². The lowest BCUT2D eigenvalue weighted by atomic mass is 9.84. The first-order chi connectivity index (χ1) is 14.0. The van der Waals surface area contributed by atoms with Gasteiger partial charge in [-0.05, 0) is 48.1 Å². The maximum atomic E-state index is 13.2. The molecule has 2 aliphatic rings. The molecule has 1 saturated carbocycles. The van der Waals surface area contributed by atoms with Gasteiger partial charge in [-0.15, -0.1) is 0 Å². The van der Waals surface area contributed by atoms with Crippen LogP contribution in [0.3, 0.4) is 0 Å². The predicted octanol–water partition coefficient (Wildman–Crippen LogP) is 3.75. The molecular weight excluding hydrogens is 367 g/mol. The second kappa shape index (κ2) is 8.36. The summed E-state index contributed by atoms with van der Waals surface area (Å²) in [5.41, 5.74) is 3.00. The lowest BCUT2D eigenvalue weighted by Crippen LogP contribution is -2.42. The van der Waals surface area contributed by atoms with E-state index in [1.165, 1.54) is 12.1 Å². The van der Waals surface area contributed by atoms with Gasteiger partial charge in [-0.3, -0.25) is 9.59 Å². The highest BCUT2D eigenvalue weighted by atomic mass is 19.1. The van der Waals surface area contributed by atoms with Crippen molar-refractivity contribution in [3.63, 3.8) is 0 Å². The molecule has 1 aliphatic carbocycles. The minimum atomic E-state index is -0.256. The number of carbonyl (C=O) groups excluding carboxylic acids is 2. The number of rotatable bonds is 4. The summed E-state index contributed by atoms with van der Waals surface area (Å²) >= 11 is 0. The highest BCUT2D eigenvalue weighted by molar-refractivity contribution is 5.83. The third-order valence-electron chi connectivity index (χ3n) is 6.22. The Bertz CT molecular complexity index is 892. The molecular formula is C24H27FN2O2. The van der Waals surface area contributed by atoms with Crippen molar-refractivity contribution in [2.45, 2.75) is 25.7 Å².